The van der Waals surface area contributed by atoms with E-state index in [1.165, 1.54) is 19.3 Å². The maximum absolute atomic E-state index is 10.1. The number of hydrogen-bond acceptors (Lipinski definition) is 3. The molecular formula is C8H15NO2. The highest BCUT2D eigenvalue weighted by molar-refractivity contribution is 5.54. The Morgan fingerprint density at radius 1 is 1.36 bits per heavy atom. The number of carbonyl (C=O) groups excluding carboxylic acids is 1. The molecular weight excluding hydrogens is 142 g/mol. The third-order valence-corrected chi connectivity index (χ3v) is 2.14. The molecule has 1 atom stereocenters. The van der Waals surface area contributed by atoms with Gasteiger partial charge in [0.2, 0.25) is 0 Å². The average Bonchev–Trinajstić information content (AvgIpc) is 2.06. The number of rotatable bonds is 3. The van der Waals surface area contributed by atoms with Gasteiger partial charge in [0.15, 0.2) is 12.5 Å². The zero-order valence-electron chi connectivity index (χ0n) is 6.62. The van der Waals surface area contributed by atoms with Gasteiger partial charge in [0.1, 0.15) is 0 Å². The molecule has 0 aromatic rings. The topological polar surface area (TPSA) is 49.3 Å². The van der Waals surface area contributed by atoms with Crippen molar-refractivity contribution >= 4 is 6.29 Å². The maximum atomic E-state index is 10.1. The summed E-state index contributed by atoms with van der Waals surface area (Å²) in [6.45, 7) is 0. The van der Waals surface area contributed by atoms with E-state index in [4.69, 9.17) is 5.11 Å². The zero-order chi connectivity index (χ0) is 8.10. The highest BCUT2D eigenvalue weighted by atomic mass is 16.3. The van der Waals surface area contributed by atoms with Crippen molar-refractivity contribution in [3.05, 3.63) is 0 Å². The first-order chi connectivity index (χ1) is 5.33. The summed E-state index contributed by atoms with van der Waals surface area (Å²) in [5.74, 6) is 0. The van der Waals surface area contributed by atoms with Gasteiger partial charge in [-0.25, -0.2) is 0 Å². The van der Waals surface area contributed by atoms with Crippen molar-refractivity contribution in [2.45, 2.75) is 44.4 Å². The van der Waals surface area contributed by atoms with Crippen LogP contribution in [0.1, 0.15) is 32.1 Å². The lowest BCUT2D eigenvalue weighted by atomic mass is 9.95. The van der Waals surface area contributed by atoms with E-state index in [0.29, 0.717) is 12.3 Å². The van der Waals surface area contributed by atoms with Gasteiger partial charge >= 0.3 is 0 Å². The third-order valence-electron chi connectivity index (χ3n) is 2.14. The summed E-state index contributed by atoms with van der Waals surface area (Å²) < 4.78 is 0. The van der Waals surface area contributed by atoms with Gasteiger partial charge in [-0.15, -0.1) is 0 Å². The summed E-state index contributed by atoms with van der Waals surface area (Å²) in [5, 5.41) is 11.8. The van der Waals surface area contributed by atoms with Gasteiger partial charge in [-0.2, -0.15) is 0 Å². The Morgan fingerprint density at radius 3 is 2.55 bits per heavy atom. The SMILES string of the molecule is O=CC(O)NC1CCCCC1. The quantitative estimate of drug-likeness (QED) is 0.461. The summed E-state index contributed by atoms with van der Waals surface area (Å²) in [6, 6.07) is 0.351. The highest BCUT2D eigenvalue weighted by Crippen LogP contribution is 2.17. The van der Waals surface area contributed by atoms with Gasteiger partial charge in [0.05, 0.1) is 0 Å². The van der Waals surface area contributed by atoms with Crippen LogP contribution in [0.4, 0.5) is 0 Å². The fraction of sp³-hybridized carbons (Fsp3) is 0.875. The molecule has 0 amide bonds. The van der Waals surface area contributed by atoms with Crippen LogP contribution in [-0.2, 0) is 4.79 Å². The van der Waals surface area contributed by atoms with E-state index in [0.717, 1.165) is 12.8 Å². The lowest BCUT2D eigenvalue weighted by molar-refractivity contribution is -0.116. The van der Waals surface area contributed by atoms with E-state index in [9.17, 15) is 4.79 Å². The van der Waals surface area contributed by atoms with Crippen LogP contribution in [0.2, 0.25) is 0 Å². The lowest BCUT2D eigenvalue weighted by Gasteiger charge is -2.23. The van der Waals surface area contributed by atoms with Gasteiger partial charge in [-0.05, 0) is 12.8 Å². The molecule has 1 saturated carbocycles. The second-order valence-electron chi connectivity index (χ2n) is 3.08. The molecule has 3 nitrogen and oxygen atoms in total. The number of carbonyl (C=O) groups is 1. The van der Waals surface area contributed by atoms with Crippen LogP contribution in [-0.4, -0.2) is 23.7 Å². The van der Waals surface area contributed by atoms with Gasteiger partial charge < -0.3 is 5.11 Å². The first kappa shape index (κ1) is 8.68. The Hall–Kier alpha value is -0.410. The Kier molecular flexibility index (Phi) is 3.52. The minimum Gasteiger partial charge on any atom is -0.371 e. The molecule has 1 aliphatic rings. The molecule has 1 fully saturated rings. The molecule has 0 saturated heterocycles. The fourth-order valence-electron chi connectivity index (χ4n) is 1.55. The van der Waals surface area contributed by atoms with Crippen LogP contribution in [0.5, 0.6) is 0 Å². The Bertz CT molecular complexity index is 121. The molecule has 11 heavy (non-hydrogen) atoms. The van der Waals surface area contributed by atoms with Gasteiger partial charge in [0.25, 0.3) is 0 Å². The molecule has 0 spiro atoms. The van der Waals surface area contributed by atoms with Crippen LogP contribution in [0.3, 0.4) is 0 Å². The molecule has 0 aromatic heterocycles. The van der Waals surface area contributed by atoms with E-state index < -0.39 is 6.23 Å². The smallest absolute Gasteiger partial charge is 0.163 e. The van der Waals surface area contributed by atoms with Crippen molar-refractivity contribution in [3.8, 4) is 0 Å². The van der Waals surface area contributed by atoms with E-state index in [1.807, 2.05) is 0 Å². The molecule has 0 aliphatic heterocycles. The van der Waals surface area contributed by atoms with Crippen LogP contribution >= 0.6 is 0 Å². The second-order valence-corrected chi connectivity index (χ2v) is 3.08. The van der Waals surface area contributed by atoms with Gasteiger partial charge in [0, 0.05) is 6.04 Å². The lowest BCUT2D eigenvalue weighted by Crippen LogP contribution is -2.40. The summed E-state index contributed by atoms with van der Waals surface area (Å²) in [6.07, 6.45) is 5.46. The zero-order valence-corrected chi connectivity index (χ0v) is 6.62. The predicted octanol–water partition coefficient (Wildman–Crippen LogP) is 0.426. The molecule has 1 unspecified atom stereocenters. The highest BCUT2D eigenvalue weighted by Gasteiger charge is 2.15. The van der Waals surface area contributed by atoms with E-state index in [-0.39, 0.29) is 0 Å². The molecule has 64 valence electrons. The monoisotopic (exact) mass is 157 g/mol. The van der Waals surface area contributed by atoms with Crippen molar-refractivity contribution in [1.29, 1.82) is 0 Å². The summed E-state index contributed by atoms with van der Waals surface area (Å²) in [7, 11) is 0. The Balaban J connectivity index is 2.18. The molecule has 1 rings (SSSR count). The number of hydrogen-bond donors (Lipinski definition) is 2. The van der Waals surface area contributed by atoms with Gasteiger partial charge in [-0.1, -0.05) is 19.3 Å². The van der Waals surface area contributed by atoms with Crippen molar-refractivity contribution in [2.24, 2.45) is 0 Å². The minimum atomic E-state index is -0.960. The average molecular weight is 157 g/mol. The fourth-order valence-corrected chi connectivity index (χ4v) is 1.55. The van der Waals surface area contributed by atoms with E-state index in [2.05, 4.69) is 5.32 Å². The molecule has 3 heteroatoms. The minimum absolute atomic E-state index is 0.351. The normalized spacial score (nSPS) is 23.0. The maximum Gasteiger partial charge on any atom is 0.163 e. The van der Waals surface area contributed by atoms with Crippen LogP contribution in [0, 0.1) is 0 Å². The molecule has 0 heterocycles. The van der Waals surface area contributed by atoms with E-state index >= 15 is 0 Å². The number of nitrogens with one attached hydrogen (secondary N) is 1. The standard InChI is InChI=1S/C8H15NO2/c10-6-8(11)9-7-4-2-1-3-5-7/h6-9,11H,1-5H2. The first-order valence-corrected chi connectivity index (χ1v) is 4.22. The largest absolute Gasteiger partial charge is 0.371 e. The first-order valence-electron chi connectivity index (χ1n) is 4.22. The summed E-state index contributed by atoms with van der Waals surface area (Å²) >= 11 is 0. The van der Waals surface area contributed by atoms with Crippen LogP contribution in [0.25, 0.3) is 0 Å². The van der Waals surface area contributed by atoms with Crippen LogP contribution in [0.15, 0.2) is 0 Å². The third kappa shape index (κ3) is 2.99. The molecule has 1 aliphatic carbocycles. The number of aliphatic hydroxyl groups excluding tert-OH is 1. The molecule has 0 radical (unpaired) electrons. The summed E-state index contributed by atoms with van der Waals surface area (Å²) in [5.41, 5.74) is 0. The van der Waals surface area contributed by atoms with Crippen molar-refractivity contribution in [3.63, 3.8) is 0 Å². The van der Waals surface area contributed by atoms with Crippen LogP contribution < -0.4 is 5.32 Å². The molecule has 0 bridgehead atoms. The molecule has 2 N–H and O–H groups in total. The number of aliphatic hydroxyl groups is 1. The van der Waals surface area contributed by atoms with Gasteiger partial charge in [-0.3, -0.25) is 10.1 Å². The molecule has 0 aromatic carbocycles. The number of aldehydes is 1. The second kappa shape index (κ2) is 4.46. The Morgan fingerprint density at radius 2 is 2.00 bits per heavy atom. The van der Waals surface area contributed by atoms with Crippen molar-refractivity contribution in [1.82, 2.24) is 5.32 Å². The predicted molar refractivity (Wildman–Crippen MR) is 42.1 cm³/mol. The van der Waals surface area contributed by atoms with Crippen molar-refractivity contribution < 1.29 is 9.90 Å². The van der Waals surface area contributed by atoms with Crippen molar-refractivity contribution in [2.75, 3.05) is 0 Å². The summed E-state index contributed by atoms with van der Waals surface area (Å²) in [4.78, 5) is 10.1. The van der Waals surface area contributed by atoms with E-state index in [1.54, 1.807) is 0 Å². The Labute approximate surface area is 66.8 Å².